The molecule has 0 bridgehead atoms. The first-order valence-electron chi connectivity index (χ1n) is 7.30. The summed E-state index contributed by atoms with van der Waals surface area (Å²) in [4.78, 5) is 36.3. The van der Waals surface area contributed by atoms with Crippen LogP contribution in [0.15, 0.2) is 24.3 Å². The first kappa shape index (κ1) is 16.0. The minimum absolute atomic E-state index is 0.0260. The van der Waals surface area contributed by atoms with Crippen LogP contribution in [0.25, 0.3) is 0 Å². The van der Waals surface area contributed by atoms with Gasteiger partial charge in [0.05, 0.1) is 5.92 Å². The van der Waals surface area contributed by atoms with Crippen molar-refractivity contribution in [1.29, 1.82) is 0 Å². The van der Waals surface area contributed by atoms with Crippen molar-refractivity contribution in [2.24, 2.45) is 5.92 Å². The van der Waals surface area contributed by atoms with E-state index in [1.165, 1.54) is 6.92 Å². The van der Waals surface area contributed by atoms with Crippen LogP contribution in [0.1, 0.15) is 37.0 Å². The molecule has 2 atom stereocenters. The zero-order valence-electron chi connectivity index (χ0n) is 12.7. The number of aliphatic carboxylic acids is 1. The molecule has 1 fully saturated rings. The Labute approximate surface area is 129 Å². The SMILES string of the molecule is CC(=O)Nc1ccc(C(=O)N2CC(C(=O)O)CCC2C)cc1. The van der Waals surface area contributed by atoms with Gasteiger partial charge in [-0.3, -0.25) is 14.4 Å². The summed E-state index contributed by atoms with van der Waals surface area (Å²) in [6.07, 6.45) is 1.29. The molecular formula is C16H20N2O4. The van der Waals surface area contributed by atoms with Gasteiger partial charge in [0.1, 0.15) is 0 Å². The van der Waals surface area contributed by atoms with Gasteiger partial charge in [0, 0.05) is 30.8 Å². The van der Waals surface area contributed by atoms with Gasteiger partial charge >= 0.3 is 5.97 Å². The van der Waals surface area contributed by atoms with Gasteiger partial charge in [0.25, 0.3) is 5.91 Å². The van der Waals surface area contributed by atoms with Crippen LogP contribution in [-0.4, -0.2) is 40.4 Å². The van der Waals surface area contributed by atoms with Gasteiger partial charge in [-0.25, -0.2) is 0 Å². The van der Waals surface area contributed by atoms with E-state index < -0.39 is 11.9 Å². The number of carbonyl (C=O) groups excluding carboxylic acids is 2. The number of carboxylic acid groups (broad SMARTS) is 1. The number of nitrogens with one attached hydrogen (secondary N) is 1. The predicted molar refractivity (Wildman–Crippen MR) is 81.6 cm³/mol. The third kappa shape index (κ3) is 3.63. The number of carboxylic acids is 1. The lowest BCUT2D eigenvalue weighted by atomic mass is 9.93. The van der Waals surface area contributed by atoms with E-state index in [1.54, 1.807) is 29.2 Å². The number of amides is 2. The second-order valence-electron chi connectivity index (χ2n) is 5.68. The number of nitrogens with zero attached hydrogens (tertiary/aromatic N) is 1. The van der Waals surface area contributed by atoms with Crippen molar-refractivity contribution in [3.8, 4) is 0 Å². The molecule has 0 saturated carbocycles. The normalized spacial score (nSPS) is 21.3. The highest BCUT2D eigenvalue weighted by atomic mass is 16.4. The van der Waals surface area contributed by atoms with E-state index in [2.05, 4.69) is 5.32 Å². The predicted octanol–water partition coefficient (Wildman–Crippen LogP) is 1.97. The molecule has 6 heteroatoms. The Morgan fingerprint density at radius 3 is 2.36 bits per heavy atom. The van der Waals surface area contributed by atoms with Crippen molar-refractivity contribution >= 4 is 23.5 Å². The van der Waals surface area contributed by atoms with Crippen molar-refractivity contribution in [1.82, 2.24) is 4.90 Å². The lowest BCUT2D eigenvalue weighted by molar-refractivity contribution is -0.143. The lowest BCUT2D eigenvalue weighted by Crippen LogP contribution is -2.47. The lowest BCUT2D eigenvalue weighted by Gasteiger charge is -2.36. The molecule has 2 unspecified atom stereocenters. The first-order chi connectivity index (χ1) is 10.4. The topological polar surface area (TPSA) is 86.7 Å². The number of likely N-dealkylation sites (tertiary alicyclic amines) is 1. The third-order valence-corrected chi connectivity index (χ3v) is 3.94. The Bertz CT molecular complexity index is 582. The van der Waals surface area contributed by atoms with E-state index in [0.29, 0.717) is 24.1 Å². The van der Waals surface area contributed by atoms with Crippen molar-refractivity contribution in [2.75, 3.05) is 11.9 Å². The summed E-state index contributed by atoms with van der Waals surface area (Å²) in [5.74, 6) is -1.70. The third-order valence-electron chi connectivity index (χ3n) is 3.94. The van der Waals surface area contributed by atoms with Gasteiger partial charge in [-0.1, -0.05) is 0 Å². The molecule has 1 aliphatic rings. The van der Waals surface area contributed by atoms with Gasteiger partial charge in [-0.05, 0) is 44.0 Å². The van der Waals surface area contributed by atoms with Gasteiger partial charge in [0.2, 0.25) is 5.91 Å². The van der Waals surface area contributed by atoms with Crippen molar-refractivity contribution < 1.29 is 19.5 Å². The van der Waals surface area contributed by atoms with E-state index in [0.717, 1.165) is 0 Å². The van der Waals surface area contributed by atoms with E-state index in [4.69, 9.17) is 5.11 Å². The molecule has 1 aliphatic heterocycles. The highest BCUT2D eigenvalue weighted by Gasteiger charge is 2.32. The number of anilines is 1. The number of hydrogen-bond acceptors (Lipinski definition) is 3. The fraction of sp³-hybridized carbons (Fsp3) is 0.438. The number of hydrogen-bond donors (Lipinski definition) is 2. The number of piperidine rings is 1. The van der Waals surface area contributed by atoms with E-state index in [1.807, 2.05) is 6.92 Å². The number of benzene rings is 1. The summed E-state index contributed by atoms with van der Waals surface area (Å²) >= 11 is 0. The molecular weight excluding hydrogens is 284 g/mol. The summed E-state index contributed by atoms with van der Waals surface area (Å²) in [5.41, 5.74) is 1.12. The molecule has 0 aliphatic carbocycles. The van der Waals surface area contributed by atoms with Gasteiger partial charge in [0.15, 0.2) is 0 Å². The Kier molecular flexibility index (Phi) is 4.80. The summed E-state index contributed by atoms with van der Waals surface area (Å²) in [5, 5.41) is 11.8. The maximum atomic E-state index is 12.6. The molecule has 0 aromatic heterocycles. The quantitative estimate of drug-likeness (QED) is 0.894. The maximum absolute atomic E-state index is 12.6. The second kappa shape index (κ2) is 6.60. The van der Waals surface area contributed by atoms with Gasteiger partial charge < -0.3 is 15.3 Å². The zero-order valence-corrected chi connectivity index (χ0v) is 12.7. The molecule has 0 spiro atoms. The van der Waals surface area contributed by atoms with Crippen LogP contribution in [0, 0.1) is 5.92 Å². The summed E-state index contributed by atoms with van der Waals surface area (Å²) in [6, 6.07) is 6.64. The largest absolute Gasteiger partial charge is 0.481 e. The molecule has 0 radical (unpaired) electrons. The smallest absolute Gasteiger partial charge is 0.308 e. The zero-order chi connectivity index (χ0) is 16.3. The monoisotopic (exact) mass is 304 g/mol. The van der Waals surface area contributed by atoms with Gasteiger partial charge in [-0.15, -0.1) is 0 Å². The van der Waals surface area contributed by atoms with Crippen molar-refractivity contribution in [3.05, 3.63) is 29.8 Å². The van der Waals surface area contributed by atoms with Crippen LogP contribution in [0.4, 0.5) is 5.69 Å². The molecule has 22 heavy (non-hydrogen) atoms. The van der Waals surface area contributed by atoms with Gasteiger partial charge in [-0.2, -0.15) is 0 Å². The Morgan fingerprint density at radius 1 is 1.18 bits per heavy atom. The van der Waals surface area contributed by atoms with E-state index in [-0.39, 0.29) is 24.4 Å². The van der Waals surface area contributed by atoms with Crippen molar-refractivity contribution in [2.45, 2.75) is 32.7 Å². The molecule has 2 N–H and O–H groups in total. The number of carbonyl (C=O) groups is 3. The standard InChI is InChI=1S/C16H20N2O4/c1-10-3-4-13(16(21)22)9-18(10)15(20)12-5-7-14(8-6-12)17-11(2)19/h5-8,10,13H,3-4,9H2,1-2H3,(H,17,19)(H,21,22). The molecule has 118 valence electrons. The fourth-order valence-electron chi connectivity index (χ4n) is 2.66. The molecule has 2 rings (SSSR count). The molecule has 1 saturated heterocycles. The van der Waals surface area contributed by atoms with Crippen LogP contribution in [-0.2, 0) is 9.59 Å². The van der Waals surface area contributed by atoms with Crippen LogP contribution < -0.4 is 5.32 Å². The Balaban J connectivity index is 2.12. The van der Waals surface area contributed by atoms with Crippen LogP contribution in [0.2, 0.25) is 0 Å². The first-order valence-corrected chi connectivity index (χ1v) is 7.30. The summed E-state index contributed by atoms with van der Waals surface area (Å²) in [6.45, 7) is 3.59. The molecule has 1 heterocycles. The van der Waals surface area contributed by atoms with Crippen LogP contribution in [0.5, 0.6) is 0 Å². The van der Waals surface area contributed by atoms with E-state index in [9.17, 15) is 14.4 Å². The molecule has 2 amide bonds. The Morgan fingerprint density at radius 2 is 1.82 bits per heavy atom. The highest BCUT2D eigenvalue weighted by Crippen LogP contribution is 2.24. The van der Waals surface area contributed by atoms with Crippen LogP contribution in [0.3, 0.4) is 0 Å². The highest BCUT2D eigenvalue weighted by molar-refractivity contribution is 5.96. The summed E-state index contributed by atoms with van der Waals surface area (Å²) < 4.78 is 0. The number of rotatable bonds is 3. The minimum atomic E-state index is -0.856. The minimum Gasteiger partial charge on any atom is -0.481 e. The molecule has 1 aromatic rings. The maximum Gasteiger partial charge on any atom is 0.308 e. The second-order valence-corrected chi connectivity index (χ2v) is 5.68. The van der Waals surface area contributed by atoms with Crippen molar-refractivity contribution in [3.63, 3.8) is 0 Å². The summed E-state index contributed by atoms with van der Waals surface area (Å²) in [7, 11) is 0. The molecule has 1 aromatic carbocycles. The molecule has 6 nitrogen and oxygen atoms in total. The Hall–Kier alpha value is -2.37. The van der Waals surface area contributed by atoms with E-state index >= 15 is 0 Å². The average Bonchev–Trinajstić information content (AvgIpc) is 2.47. The fourth-order valence-corrected chi connectivity index (χ4v) is 2.66. The average molecular weight is 304 g/mol. The van der Waals surface area contributed by atoms with Crippen LogP contribution >= 0.6 is 0 Å².